The van der Waals surface area contributed by atoms with E-state index in [0.717, 1.165) is 30.2 Å². The quantitative estimate of drug-likeness (QED) is 0.175. The molecule has 6 rings (SSSR count). The first-order chi connectivity index (χ1) is 19.7. The van der Waals surface area contributed by atoms with Crippen LogP contribution in [0.5, 0.6) is 0 Å². The number of aromatic nitrogens is 5. The Balaban J connectivity index is 0.00000353. The molecule has 2 saturated heterocycles. The molecule has 2 aliphatic rings. The van der Waals surface area contributed by atoms with E-state index in [-0.39, 0.29) is 29.4 Å². The molecule has 14 nitrogen and oxygen atoms in total. The number of aromatic amines is 1. The van der Waals surface area contributed by atoms with Gasteiger partial charge in [-0.2, -0.15) is 20.1 Å². The molecule has 8 N–H and O–H groups in total. The summed E-state index contributed by atoms with van der Waals surface area (Å²) in [6.45, 7) is 2.26. The van der Waals surface area contributed by atoms with E-state index < -0.39 is 16.1 Å². The second-order valence-electron chi connectivity index (χ2n) is 10.6. The number of halogens is 1. The van der Waals surface area contributed by atoms with Gasteiger partial charge < -0.3 is 31.7 Å². The van der Waals surface area contributed by atoms with Gasteiger partial charge in [-0.15, -0.1) is 12.4 Å². The number of sulfonamides is 1. The van der Waals surface area contributed by atoms with Crippen LogP contribution >= 0.6 is 12.4 Å². The molecule has 0 amide bonds. The van der Waals surface area contributed by atoms with E-state index in [0.29, 0.717) is 55.4 Å². The van der Waals surface area contributed by atoms with E-state index in [4.69, 9.17) is 16.5 Å². The minimum Gasteiger partial charge on any atom is -0.391 e. The van der Waals surface area contributed by atoms with E-state index in [1.54, 1.807) is 36.5 Å². The van der Waals surface area contributed by atoms with Crippen LogP contribution < -0.4 is 31.3 Å². The summed E-state index contributed by atoms with van der Waals surface area (Å²) < 4.78 is 28.6. The zero-order valence-electron chi connectivity index (χ0n) is 22.7. The van der Waals surface area contributed by atoms with Gasteiger partial charge in [0.1, 0.15) is 0 Å². The molecule has 0 radical (unpaired) electrons. The van der Waals surface area contributed by atoms with Crippen molar-refractivity contribution in [3.8, 4) is 0 Å². The van der Waals surface area contributed by atoms with E-state index in [2.05, 4.69) is 30.2 Å². The summed E-state index contributed by atoms with van der Waals surface area (Å²) in [6, 6.07) is 11.3. The van der Waals surface area contributed by atoms with Gasteiger partial charge in [0, 0.05) is 49.3 Å². The molecule has 3 atom stereocenters. The fraction of sp³-hybridized carbons (Fsp3) is 0.385. The van der Waals surface area contributed by atoms with Crippen LogP contribution in [0.1, 0.15) is 19.3 Å². The normalized spacial score (nSPS) is 21.2. The van der Waals surface area contributed by atoms with Crippen LogP contribution in [0.3, 0.4) is 0 Å². The molecule has 0 unspecified atom stereocenters. The Hall–Kier alpha value is -3.76. The summed E-state index contributed by atoms with van der Waals surface area (Å²) >= 11 is 0. The molecule has 2 fully saturated rings. The number of benzene rings is 2. The number of hydrogen-bond donors (Lipinski definition) is 6. The smallest absolute Gasteiger partial charge is 0.261 e. The maximum absolute atomic E-state index is 13.0. The van der Waals surface area contributed by atoms with E-state index in [1.807, 2.05) is 9.80 Å². The molecular weight excluding hydrogens is 582 g/mol. The molecule has 42 heavy (non-hydrogen) atoms. The Morgan fingerprint density at radius 3 is 2.33 bits per heavy atom. The molecular formula is C26H34ClN11O3S. The second-order valence-corrected chi connectivity index (χ2v) is 12.3. The Kier molecular flexibility index (Phi) is 8.65. The molecule has 16 heteroatoms. The number of anilines is 5. The first-order valence-electron chi connectivity index (χ1n) is 13.5. The van der Waals surface area contributed by atoms with E-state index in [9.17, 15) is 13.5 Å². The lowest BCUT2D eigenvalue weighted by Crippen LogP contribution is -2.53. The van der Waals surface area contributed by atoms with Crippen LogP contribution in [0.4, 0.5) is 29.2 Å². The number of nitrogens with two attached hydrogens (primary N) is 2. The fourth-order valence-electron chi connectivity index (χ4n) is 5.23. The van der Waals surface area contributed by atoms with Gasteiger partial charge in [0.05, 0.1) is 28.4 Å². The van der Waals surface area contributed by atoms with Crippen LogP contribution in [0.25, 0.3) is 10.9 Å². The van der Waals surface area contributed by atoms with Gasteiger partial charge in [-0.25, -0.2) is 8.42 Å². The highest BCUT2D eigenvalue weighted by Crippen LogP contribution is 2.26. The number of aliphatic hydroxyl groups is 1. The van der Waals surface area contributed by atoms with Crippen molar-refractivity contribution < 1.29 is 13.5 Å². The number of fused-ring (bicyclic) bond motifs is 1. The second kappa shape index (κ2) is 12.2. The van der Waals surface area contributed by atoms with Crippen molar-refractivity contribution in [3.05, 3.63) is 48.7 Å². The average Bonchev–Trinajstić information content (AvgIpc) is 3.40. The number of rotatable bonds is 7. The number of β-amino-alcohol motifs (C(OH)–C–C–N with tert-alkyl or cyclic N) is 1. The van der Waals surface area contributed by atoms with Crippen molar-refractivity contribution in [3.63, 3.8) is 0 Å². The van der Waals surface area contributed by atoms with Gasteiger partial charge in [0.15, 0.2) is 0 Å². The standard InChI is InChI=1S/C26H33N11O3S.ClH/c27-17-10-18(28)14-37(13-17)26-32-24(31-25(33-26)36-9-1-2-21(38)15-36)30-19-5-7-22(8-6-19)41(39,40)35-20-4-3-16-12-29-34-23(16)11-20;/h3-8,11-12,17-18,21,35,38H,1-2,9-10,13-15,27-28H2,(H,29,34)(H,30,31,32,33);1H/t17-,18+,21-;/m1./s1. The summed E-state index contributed by atoms with van der Waals surface area (Å²) in [7, 11) is -3.83. The predicted molar refractivity (Wildman–Crippen MR) is 164 cm³/mol. The monoisotopic (exact) mass is 615 g/mol. The Bertz CT molecular complexity index is 1630. The van der Waals surface area contributed by atoms with Crippen molar-refractivity contribution in [2.24, 2.45) is 11.5 Å². The number of aliphatic hydroxyl groups excluding tert-OH is 1. The van der Waals surface area contributed by atoms with Crippen LogP contribution in [-0.4, -0.2) is 83.0 Å². The minimum absolute atomic E-state index is 0. The molecule has 2 aromatic carbocycles. The van der Waals surface area contributed by atoms with Gasteiger partial charge in [0.2, 0.25) is 17.8 Å². The molecule has 0 saturated carbocycles. The summed E-state index contributed by atoms with van der Waals surface area (Å²) in [5, 5.41) is 21.1. The van der Waals surface area contributed by atoms with E-state index in [1.165, 1.54) is 12.1 Å². The number of nitrogens with zero attached hydrogens (tertiary/aromatic N) is 6. The van der Waals surface area contributed by atoms with Gasteiger partial charge in [0.25, 0.3) is 10.0 Å². The summed E-state index contributed by atoms with van der Waals surface area (Å²) in [5.74, 6) is 1.18. The predicted octanol–water partition coefficient (Wildman–Crippen LogP) is 1.54. The molecule has 4 heterocycles. The van der Waals surface area contributed by atoms with Crippen molar-refractivity contribution in [1.82, 2.24) is 25.1 Å². The van der Waals surface area contributed by atoms with E-state index >= 15 is 0 Å². The minimum atomic E-state index is -3.83. The molecule has 0 bridgehead atoms. The molecule has 0 aliphatic carbocycles. The van der Waals surface area contributed by atoms with Gasteiger partial charge in [-0.3, -0.25) is 9.82 Å². The maximum Gasteiger partial charge on any atom is 0.261 e. The maximum atomic E-state index is 13.0. The van der Waals surface area contributed by atoms with Crippen LogP contribution in [0.15, 0.2) is 53.6 Å². The number of nitrogens with one attached hydrogen (secondary N) is 3. The van der Waals surface area contributed by atoms with Crippen LogP contribution in [0, 0.1) is 0 Å². The van der Waals surface area contributed by atoms with Crippen LogP contribution in [0.2, 0.25) is 0 Å². The topological polar surface area (TPSA) is 204 Å². The Morgan fingerprint density at radius 1 is 0.929 bits per heavy atom. The highest BCUT2D eigenvalue weighted by atomic mass is 35.5. The third-order valence-electron chi connectivity index (χ3n) is 7.20. The third-order valence-corrected chi connectivity index (χ3v) is 8.60. The molecule has 0 spiro atoms. The van der Waals surface area contributed by atoms with Crippen molar-refractivity contribution in [2.75, 3.05) is 46.0 Å². The Morgan fingerprint density at radius 2 is 1.62 bits per heavy atom. The molecule has 224 valence electrons. The highest BCUT2D eigenvalue weighted by molar-refractivity contribution is 7.92. The number of piperidine rings is 2. The van der Waals surface area contributed by atoms with Gasteiger partial charge >= 0.3 is 0 Å². The lowest BCUT2D eigenvalue weighted by Gasteiger charge is -2.35. The van der Waals surface area contributed by atoms with Crippen LogP contribution in [-0.2, 0) is 10.0 Å². The van der Waals surface area contributed by atoms with Crippen molar-refractivity contribution in [1.29, 1.82) is 0 Å². The summed E-state index contributed by atoms with van der Waals surface area (Å²) in [5.41, 5.74) is 14.2. The average molecular weight is 616 g/mol. The first-order valence-corrected chi connectivity index (χ1v) is 15.0. The third kappa shape index (κ3) is 6.65. The molecule has 2 aromatic heterocycles. The lowest BCUT2D eigenvalue weighted by molar-refractivity contribution is 0.153. The number of H-pyrrole nitrogens is 1. The molecule has 4 aromatic rings. The lowest BCUT2D eigenvalue weighted by atomic mass is 10.0. The highest BCUT2D eigenvalue weighted by Gasteiger charge is 2.27. The zero-order valence-corrected chi connectivity index (χ0v) is 24.4. The van der Waals surface area contributed by atoms with Crippen molar-refractivity contribution >= 4 is 62.6 Å². The number of hydrogen-bond acceptors (Lipinski definition) is 12. The van der Waals surface area contributed by atoms with Gasteiger partial charge in [-0.05, 0) is 61.7 Å². The first kappa shape index (κ1) is 29.7. The molecule has 2 aliphatic heterocycles. The summed E-state index contributed by atoms with van der Waals surface area (Å²) in [6.07, 6.45) is 3.49. The van der Waals surface area contributed by atoms with Gasteiger partial charge in [-0.1, -0.05) is 0 Å². The fourth-order valence-corrected chi connectivity index (χ4v) is 6.28. The zero-order chi connectivity index (χ0) is 28.6. The largest absolute Gasteiger partial charge is 0.391 e. The summed E-state index contributed by atoms with van der Waals surface area (Å²) in [4.78, 5) is 18.0. The van der Waals surface area contributed by atoms with Crippen molar-refractivity contribution in [2.45, 2.75) is 42.3 Å². The SMILES string of the molecule is Cl.N[C@@H]1C[C@H](N)CN(c2nc(Nc3ccc(S(=O)(=O)Nc4ccc5cn[nH]c5c4)cc3)nc(N3CCC[C@@H](O)C3)n2)C1. The Labute approximate surface area is 249 Å².